The largest absolute Gasteiger partial charge is 0.465 e. The van der Waals surface area contributed by atoms with E-state index in [4.69, 9.17) is 4.74 Å². The Labute approximate surface area is 177 Å². The molecule has 0 bridgehead atoms. The first-order valence-electron chi connectivity index (χ1n) is 11.0. The second kappa shape index (κ2) is 9.62. The first kappa shape index (κ1) is 20.9. The van der Waals surface area contributed by atoms with Crippen LogP contribution in [0.2, 0.25) is 0 Å². The molecule has 1 aliphatic heterocycles. The zero-order valence-corrected chi connectivity index (χ0v) is 17.2. The van der Waals surface area contributed by atoms with Crippen LogP contribution in [-0.4, -0.2) is 56.7 Å². The summed E-state index contributed by atoms with van der Waals surface area (Å²) in [5.41, 5.74) is 2.90. The lowest BCUT2D eigenvalue weighted by molar-refractivity contribution is -0.0224. The van der Waals surface area contributed by atoms with Gasteiger partial charge in [-0.05, 0) is 50.0 Å². The van der Waals surface area contributed by atoms with Crippen molar-refractivity contribution < 1.29 is 19.7 Å². The third kappa shape index (κ3) is 4.52. The van der Waals surface area contributed by atoms with Gasteiger partial charge in [0.2, 0.25) is 0 Å². The topological polar surface area (TPSA) is 98.7 Å². The molecule has 1 saturated heterocycles. The number of aromatic nitrogens is 2. The van der Waals surface area contributed by atoms with Gasteiger partial charge in [-0.3, -0.25) is 5.10 Å². The minimum Gasteiger partial charge on any atom is -0.465 e. The molecule has 4 rings (SSSR count). The first-order valence-corrected chi connectivity index (χ1v) is 11.0. The van der Waals surface area contributed by atoms with Crippen molar-refractivity contribution in [2.45, 2.75) is 69.1 Å². The van der Waals surface area contributed by atoms with Gasteiger partial charge in [-0.1, -0.05) is 30.3 Å². The van der Waals surface area contributed by atoms with E-state index in [0.717, 1.165) is 49.8 Å². The molecule has 7 nitrogen and oxygen atoms in total. The average molecular weight is 414 g/mol. The number of aromatic amines is 1. The number of benzene rings is 1. The van der Waals surface area contributed by atoms with Crippen molar-refractivity contribution in [2.75, 3.05) is 13.2 Å². The Bertz CT molecular complexity index is 817. The smallest absolute Gasteiger partial charge is 0.407 e. The Hall–Kier alpha value is -2.38. The number of carbonyl (C=O) groups is 1. The number of piperidine rings is 1. The quantitative estimate of drug-likeness (QED) is 0.668. The van der Waals surface area contributed by atoms with Gasteiger partial charge in [-0.15, -0.1) is 0 Å². The van der Waals surface area contributed by atoms with E-state index in [-0.39, 0.29) is 24.7 Å². The summed E-state index contributed by atoms with van der Waals surface area (Å²) in [7, 11) is 0. The highest BCUT2D eigenvalue weighted by Crippen LogP contribution is 2.36. The number of H-pyrrole nitrogens is 1. The Morgan fingerprint density at radius 3 is 2.63 bits per heavy atom. The van der Waals surface area contributed by atoms with Crippen LogP contribution in [0, 0.1) is 0 Å². The Balaban J connectivity index is 1.40. The third-order valence-corrected chi connectivity index (χ3v) is 6.75. The van der Waals surface area contributed by atoms with E-state index in [2.05, 4.69) is 40.5 Å². The molecule has 1 aromatic heterocycles. The van der Waals surface area contributed by atoms with Gasteiger partial charge in [-0.25, -0.2) is 4.79 Å². The Kier molecular flexibility index (Phi) is 6.69. The summed E-state index contributed by atoms with van der Waals surface area (Å²) in [5, 5.41) is 26.5. The number of carboxylic acid groups (broad SMARTS) is 1. The summed E-state index contributed by atoms with van der Waals surface area (Å²) in [6.07, 6.45) is 6.75. The lowest BCUT2D eigenvalue weighted by Crippen LogP contribution is -2.50. The average Bonchev–Trinajstić information content (AvgIpc) is 3.27. The van der Waals surface area contributed by atoms with Crippen molar-refractivity contribution in [3.8, 4) is 0 Å². The number of aliphatic hydroxyl groups is 1. The molecule has 0 spiro atoms. The van der Waals surface area contributed by atoms with Gasteiger partial charge < -0.3 is 19.8 Å². The van der Waals surface area contributed by atoms with Crippen LogP contribution in [0.3, 0.4) is 0 Å². The molecule has 1 amide bonds. The van der Waals surface area contributed by atoms with Crippen LogP contribution in [0.25, 0.3) is 0 Å². The number of nitrogens with zero attached hydrogens (tertiary/aromatic N) is 2. The highest BCUT2D eigenvalue weighted by molar-refractivity contribution is 5.66. The number of rotatable bonds is 6. The summed E-state index contributed by atoms with van der Waals surface area (Å²) < 4.78 is 6.28. The van der Waals surface area contributed by atoms with Gasteiger partial charge >= 0.3 is 6.09 Å². The number of likely N-dealkylation sites (tertiary alicyclic amines) is 1. The summed E-state index contributed by atoms with van der Waals surface area (Å²) in [4.78, 5) is 13.4. The van der Waals surface area contributed by atoms with Gasteiger partial charge in [0.05, 0.1) is 31.1 Å². The van der Waals surface area contributed by atoms with E-state index in [1.54, 1.807) is 6.20 Å². The fourth-order valence-electron chi connectivity index (χ4n) is 5.12. The molecular weight excluding hydrogens is 382 g/mol. The lowest BCUT2D eigenvalue weighted by Gasteiger charge is -2.40. The highest BCUT2D eigenvalue weighted by atomic mass is 16.5. The van der Waals surface area contributed by atoms with Gasteiger partial charge in [-0.2, -0.15) is 5.10 Å². The fraction of sp³-hybridized carbons (Fsp3) is 0.565. The molecule has 1 aromatic carbocycles. The molecule has 0 unspecified atom stereocenters. The second-order valence-electron chi connectivity index (χ2n) is 8.46. The van der Waals surface area contributed by atoms with Crippen LogP contribution < -0.4 is 0 Å². The minimum atomic E-state index is -0.915. The minimum absolute atomic E-state index is 0.0658. The number of aliphatic hydroxyl groups excluding tert-OH is 1. The molecule has 0 radical (unpaired) electrons. The number of ether oxygens (including phenoxy) is 1. The fourth-order valence-corrected chi connectivity index (χ4v) is 5.12. The van der Waals surface area contributed by atoms with E-state index in [9.17, 15) is 15.0 Å². The zero-order valence-electron chi connectivity index (χ0n) is 17.2. The lowest BCUT2D eigenvalue weighted by atomic mass is 9.82. The molecule has 1 saturated carbocycles. The number of nitrogens with one attached hydrogen (secondary N) is 1. The van der Waals surface area contributed by atoms with Crippen molar-refractivity contribution >= 4 is 6.09 Å². The van der Waals surface area contributed by atoms with E-state index in [0.29, 0.717) is 19.1 Å². The summed E-state index contributed by atoms with van der Waals surface area (Å²) >= 11 is 0. The van der Waals surface area contributed by atoms with Crippen LogP contribution >= 0.6 is 0 Å². The predicted molar refractivity (Wildman–Crippen MR) is 112 cm³/mol. The number of amides is 1. The van der Waals surface area contributed by atoms with Gasteiger partial charge in [0.25, 0.3) is 0 Å². The molecule has 162 valence electrons. The van der Waals surface area contributed by atoms with Crippen molar-refractivity contribution in [2.24, 2.45) is 0 Å². The SMILES string of the molecule is O=C(O)N1CCC[C@@H](c2n[nH]cc2CO)[C@H]1CO[C@H]1CC[C@@H](c2ccccc2)CC1. The molecule has 30 heavy (non-hydrogen) atoms. The maximum absolute atomic E-state index is 11.9. The molecule has 2 aromatic rings. The molecule has 2 aliphatic rings. The van der Waals surface area contributed by atoms with Crippen molar-refractivity contribution in [1.82, 2.24) is 15.1 Å². The predicted octanol–water partition coefficient (Wildman–Crippen LogP) is 3.87. The first-order chi connectivity index (χ1) is 14.7. The van der Waals surface area contributed by atoms with Crippen molar-refractivity contribution in [3.63, 3.8) is 0 Å². The maximum atomic E-state index is 11.9. The normalized spacial score (nSPS) is 27.2. The molecule has 1 aliphatic carbocycles. The highest BCUT2D eigenvalue weighted by Gasteiger charge is 2.38. The van der Waals surface area contributed by atoms with Crippen LogP contribution in [-0.2, 0) is 11.3 Å². The second-order valence-corrected chi connectivity index (χ2v) is 8.46. The Morgan fingerprint density at radius 1 is 1.17 bits per heavy atom. The monoisotopic (exact) mass is 413 g/mol. The molecule has 2 fully saturated rings. The van der Waals surface area contributed by atoms with E-state index in [1.165, 1.54) is 10.5 Å². The molecule has 7 heteroatoms. The van der Waals surface area contributed by atoms with Crippen LogP contribution in [0.1, 0.15) is 67.2 Å². The zero-order chi connectivity index (χ0) is 20.9. The third-order valence-electron chi connectivity index (χ3n) is 6.75. The summed E-state index contributed by atoms with van der Waals surface area (Å²) in [5.74, 6) is 0.518. The molecule has 2 atom stereocenters. The van der Waals surface area contributed by atoms with Gasteiger partial charge in [0.1, 0.15) is 0 Å². The summed E-state index contributed by atoms with van der Waals surface area (Å²) in [6, 6.07) is 10.4. The Morgan fingerprint density at radius 2 is 1.93 bits per heavy atom. The van der Waals surface area contributed by atoms with Crippen molar-refractivity contribution in [1.29, 1.82) is 0 Å². The van der Waals surface area contributed by atoms with E-state index < -0.39 is 6.09 Å². The molecular formula is C23H31N3O4. The van der Waals surface area contributed by atoms with E-state index >= 15 is 0 Å². The van der Waals surface area contributed by atoms with Crippen LogP contribution in [0.15, 0.2) is 36.5 Å². The maximum Gasteiger partial charge on any atom is 0.407 e. The number of hydrogen-bond acceptors (Lipinski definition) is 4. The van der Waals surface area contributed by atoms with Crippen molar-refractivity contribution in [3.05, 3.63) is 53.3 Å². The number of hydrogen-bond donors (Lipinski definition) is 3. The summed E-state index contributed by atoms with van der Waals surface area (Å²) in [6.45, 7) is 0.779. The molecule has 2 heterocycles. The molecule has 3 N–H and O–H groups in total. The van der Waals surface area contributed by atoms with Crippen LogP contribution in [0.5, 0.6) is 0 Å². The van der Waals surface area contributed by atoms with Crippen LogP contribution in [0.4, 0.5) is 4.79 Å². The van der Waals surface area contributed by atoms with Gasteiger partial charge in [0.15, 0.2) is 0 Å². The van der Waals surface area contributed by atoms with Gasteiger partial charge in [0, 0.05) is 24.2 Å². The van der Waals surface area contributed by atoms with E-state index in [1.807, 2.05) is 0 Å². The standard InChI is InChI=1S/C23H31N3O4/c27-14-18-13-24-25-22(18)20-7-4-12-26(23(28)29)21(20)15-30-19-10-8-17(9-11-19)16-5-2-1-3-6-16/h1-3,5-6,13,17,19-21,27H,4,7-12,14-15H2,(H,24,25)(H,28,29)/t17-,19+,20-,21-/m1/s1.